The summed E-state index contributed by atoms with van der Waals surface area (Å²) in [7, 11) is 0. The third-order valence-corrected chi connectivity index (χ3v) is 5.66. The second-order valence-corrected chi connectivity index (χ2v) is 7.59. The van der Waals surface area contributed by atoms with Crippen molar-refractivity contribution in [2.45, 2.75) is 76.5 Å². The number of rotatable bonds is 3. The van der Waals surface area contributed by atoms with E-state index in [0.717, 1.165) is 19.0 Å². The molecule has 1 N–H and O–H groups in total. The number of ether oxygens (including phenoxy) is 1. The Morgan fingerprint density at radius 1 is 1.20 bits per heavy atom. The van der Waals surface area contributed by atoms with Crippen molar-refractivity contribution >= 4 is 0 Å². The summed E-state index contributed by atoms with van der Waals surface area (Å²) >= 11 is 0. The lowest BCUT2D eigenvalue weighted by molar-refractivity contribution is -0.0736. The molecule has 3 fully saturated rings. The molecule has 3 nitrogen and oxygen atoms in total. The second-order valence-electron chi connectivity index (χ2n) is 7.59. The Labute approximate surface area is 124 Å². The van der Waals surface area contributed by atoms with Gasteiger partial charge in [0.15, 0.2) is 0 Å². The van der Waals surface area contributed by atoms with E-state index in [1.54, 1.807) is 0 Å². The molecule has 116 valence electrons. The van der Waals surface area contributed by atoms with E-state index in [0.29, 0.717) is 12.1 Å². The van der Waals surface area contributed by atoms with Crippen molar-refractivity contribution < 1.29 is 4.74 Å². The van der Waals surface area contributed by atoms with E-state index in [1.807, 2.05) is 0 Å². The van der Waals surface area contributed by atoms with Crippen LogP contribution in [0.15, 0.2) is 0 Å². The molecule has 1 aliphatic carbocycles. The first-order valence-electron chi connectivity index (χ1n) is 8.80. The van der Waals surface area contributed by atoms with Crippen LogP contribution in [-0.2, 0) is 4.74 Å². The smallest absolute Gasteiger partial charge is 0.0710 e. The molecule has 2 aliphatic heterocycles. The van der Waals surface area contributed by atoms with Gasteiger partial charge in [0, 0.05) is 32.2 Å². The van der Waals surface area contributed by atoms with Gasteiger partial charge in [-0.15, -0.1) is 0 Å². The van der Waals surface area contributed by atoms with Crippen molar-refractivity contribution in [1.29, 1.82) is 0 Å². The standard InChI is InChI=1S/C17H32N2O/c1-14(2)16-13-19(11-10-18-16)12-15-6-9-17(20-15)7-4-3-5-8-17/h14-16,18H,3-13H2,1-2H3. The summed E-state index contributed by atoms with van der Waals surface area (Å²) in [6, 6.07) is 0.661. The first-order valence-corrected chi connectivity index (χ1v) is 8.80. The second kappa shape index (κ2) is 6.33. The Balaban J connectivity index is 1.49. The molecule has 3 heteroatoms. The molecule has 3 aliphatic rings. The van der Waals surface area contributed by atoms with Crippen LogP contribution in [-0.4, -0.2) is 48.8 Å². The minimum Gasteiger partial charge on any atom is -0.370 e. The van der Waals surface area contributed by atoms with Crippen molar-refractivity contribution in [3.05, 3.63) is 0 Å². The highest BCUT2D eigenvalue weighted by Gasteiger charge is 2.41. The minimum absolute atomic E-state index is 0.286. The van der Waals surface area contributed by atoms with E-state index in [-0.39, 0.29) is 5.60 Å². The van der Waals surface area contributed by atoms with E-state index in [4.69, 9.17) is 4.74 Å². The van der Waals surface area contributed by atoms with Crippen molar-refractivity contribution in [3.8, 4) is 0 Å². The summed E-state index contributed by atoms with van der Waals surface area (Å²) in [5.41, 5.74) is 0.286. The van der Waals surface area contributed by atoms with Crippen molar-refractivity contribution in [1.82, 2.24) is 10.2 Å². The van der Waals surface area contributed by atoms with Gasteiger partial charge in [-0.1, -0.05) is 33.1 Å². The molecule has 1 saturated carbocycles. The highest BCUT2D eigenvalue weighted by molar-refractivity contribution is 4.93. The van der Waals surface area contributed by atoms with Crippen LogP contribution in [0.5, 0.6) is 0 Å². The van der Waals surface area contributed by atoms with Crippen LogP contribution in [0.25, 0.3) is 0 Å². The average molecular weight is 280 g/mol. The molecule has 2 saturated heterocycles. The molecule has 0 aromatic rings. The summed E-state index contributed by atoms with van der Waals surface area (Å²) < 4.78 is 6.53. The zero-order chi connectivity index (χ0) is 14.0. The Bertz CT molecular complexity index is 312. The molecule has 0 aromatic heterocycles. The zero-order valence-electron chi connectivity index (χ0n) is 13.4. The highest BCUT2D eigenvalue weighted by Crippen LogP contribution is 2.42. The van der Waals surface area contributed by atoms with Gasteiger partial charge in [0.1, 0.15) is 0 Å². The predicted molar refractivity (Wildman–Crippen MR) is 83.0 cm³/mol. The van der Waals surface area contributed by atoms with Crippen molar-refractivity contribution in [2.75, 3.05) is 26.2 Å². The van der Waals surface area contributed by atoms with Crippen LogP contribution in [0.4, 0.5) is 0 Å². The topological polar surface area (TPSA) is 24.5 Å². The van der Waals surface area contributed by atoms with Crippen LogP contribution in [0.3, 0.4) is 0 Å². The molecule has 0 aromatic carbocycles. The lowest BCUT2D eigenvalue weighted by Crippen LogP contribution is -2.54. The largest absolute Gasteiger partial charge is 0.370 e. The first-order chi connectivity index (χ1) is 9.67. The Kier molecular flexibility index (Phi) is 4.68. The molecule has 2 heterocycles. The van der Waals surface area contributed by atoms with E-state index in [1.165, 1.54) is 58.0 Å². The van der Waals surface area contributed by atoms with E-state index >= 15 is 0 Å². The molecule has 3 rings (SSSR count). The average Bonchev–Trinajstić information content (AvgIpc) is 2.82. The normalized spacial score (nSPS) is 35.0. The van der Waals surface area contributed by atoms with E-state index in [9.17, 15) is 0 Å². The summed E-state index contributed by atoms with van der Waals surface area (Å²) in [5.74, 6) is 0.729. The van der Waals surface area contributed by atoms with Crippen LogP contribution < -0.4 is 5.32 Å². The molecular weight excluding hydrogens is 248 g/mol. The van der Waals surface area contributed by atoms with E-state index < -0.39 is 0 Å². The zero-order valence-corrected chi connectivity index (χ0v) is 13.4. The summed E-state index contributed by atoms with van der Waals surface area (Å²) in [6.07, 6.45) is 9.93. The fraction of sp³-hybridized carbons (Fsp3) is 1.00. The number of nitrogens with zero attached hydrogens (tertiary/aromatic N) is 1. The number of hydrogen-bond acceptors (Lipinski definition) is 3. The maximum Gasteiger partial charge on any atom is 0.0710 e. The lowest BCUT2D eigenvalue weighted by Gasteiger charge is -2.38. The van der Waals surface area contributed by atoms with Crippen LogP contribution in [0, 0.1) is 5.92 Å². The van der Waals surface area contributed by atoms with Gasteiger partial charge in [0.25, 0.3) is 0 Å². The predicted octanol–water partition coefficient (Wildman–Crippen LogP) is 2.80. The maximum absolute atomic E-state index is 6.53. The minimum atomic E-state index is 0.286. The highest BCUT2D eigenvalue weighted by atomic mass is 16.5. The van der Waals surface area contributed by atoms with Gasteiger partial charge in [0.2, 0.25) is 0 Å². The quantitative estimate of drug-likeness (QED) is 0.860. The van der Waals surface area contributed by atoms with Gasteiger partial charge in [-0.3, -0.25) is 4.90 Å². The molecule has 0 amide bonds. The Morgan fingerprint density at radius 2 is 2.00 bits per heavy atom. The monoisotopic (exact) mass is 280 g/mol. The van der Waals surface area contributed by atoms with Crippen molar-refractivity contribution in [2.24, 2.45) is 5.92 Å². The van der Waals surface area contributed by atoms with Gasteiger partial charge < -0.3 is 10.1 Å². The summed E-state index contributed by atoms with van der Waals surface area (Å²) in [4.78, 5) is 2.63. The molecule has 0 bridgehead atoms. The van der Waals surface area contributed by atoms with Crippen molar-refractivity contribution in [3.63, 3.8) is 0 Å². The maximum atomic E-state index is 6.53. The molecule has 20 heavy (non-hydrogen) atoms. The fourth-order valence-corrected chi connectivity index (χ4v) is 4.33. The third kappa shape index (κ3) is 3.37. The Morgan fingerprint density at radius 3 is 2.75 bits per heavy atom. The van der Waals surface area contributed by atoms with Gasteiger partial charge >= 0.3 is 0 Å². The van der Waals surface area contributed by atoms with Crippen LogP contribution in [0.1, 0.15) is 58.8 Å². The fourth-order valence-electron chi connectivity index (χ4n) is 4.33. The van der Waals surface area contributed by atoms with E-state index in [2.05, 4.69) is 24.1 Å². The molecule has 2 unspecified atom stereocenters. The summed E-state index contributed by atoms with van der Waals surface area (Å²) in [5, 5.41) is 3.65. The van der Waals surface area contributed by atoms with Crippen LogP contribution in [0.2, 0.25) is 0 Å². The lowest BCUT2D eigenvalue weighted by atomic mass is 9.83. The van der Waals surface area contributed by atoms with Gasteiger partial charge in [-0.05, 0) is 31.6 Å². The SMILES string of the molecule is CC(C)C1CN(CC2CCC3(CCCCC3)O2)CCN1. The third-order valence-electron chi connectivity index (χ3n) is 5.66. The van der Waals surface area contributed by atoms with Gasteiger partial charge in [-0.25, -0.2) is 0 Å². The molecular formula is C17H32N2O. The van der Waals surface area contributed by atoms with Crippen LogP contribution >= 0.6 is 0 Å². The molecule has 1 spiro atoms. The number of piperazine rings is 1. The number of nitrogens with one attached hydrogen (secondary N) is 1. The summed E-state index contributed by atoms with van der Waals surface area (Å²) in [6.45, 7) is 9.34. The molecule has 2 atom stereocenters. The molecule has 0 radical (unpaired) electrons. The van der Waals surface area contributed by atoms with Gasteiger partial charge in [-0.2, -0.15) is 0 Å². The first kappa shape index (κ1) is 14.8. The Hall–Kier alpha value is -0.120. The van der Waals surface area contributed by atoms with Gasteiger partial charge in [0.05, 0.1) is 11.7 Å². The number of hydrogen-bond donors (Lipinski definition) is 1.